The van der Waals surface area contributed by atoms with E-state index < -0.39 is 5.41 Å². The van der Waals surface area contributed by atoms with Gasteiger partial charge in [0.05, 0.1) is 0 Å². The van der Waals surface area contributed by atoms with Crippen molar-refractivity contribution in [3.63, 3.8) is 0 Å². The number of rotatable bonds is 6. The first kappa shape index (κ1) is 20.8. The van der Waals surface area contributed by atoms with Crippen molar-refractivity contribution < 1.29 is 9.59 Å². The first-order chi connectivity index (χ1) is 13.1. The van der Waals surface area contributed by atoms with Crippen LogP contribution in [0.5, 0.6) is 0 Å². The van der Waals surface area contributed by atoms with Gasteiger partial charge in [-0.3, -0.25) is 14.5 Å². The molecule has 1 aromatic rings. The van der Waals surface area contributed by atoms with Crippen molar-refractivity contribution in [3.8, 4) is 0 Å². The third-order valence-electron chi connectivity index (χ3n) is 7.38. The second-order valence-corrected chi connectivity index (χ2v) is 9.78. The van der Waals surface area contributed by atoms with Gasteiger partial charge in [-0.2, -0.15) is 0 Å². The monoisotopic (exact) mass is 385 g/mol. The molecule has 28 heavy (non-hydrogen) atoms. The maximum absolute atomic E-state index is 12.7. The highest BCUT2D eigenvalue weighted by Crippen LogP contribution is 2.52. The summed E-state index contributed by atoms with van der Waals surface area (Å²) in [5.41, 5.74) is 6.43. The molecule has 1 saturated heterocycles. The number of nitrogens with zero attached hydrogens (tertiary/aromatic N) is 2. The number of carbonyl (C=O) groups is 2. The summed E-state index contributed by atoms with van der Waals surface area (Å²) in [5.74, 6) is -0.0671. The van der Waals surface area contributed by atoms with E-state index in [1.165, 1.54) is 5.56 Å². The zero-order chi connectivity index (χ0) is 20.6. The molecule has 2 N–H and O–H groups in total. The number of nitrogens with two attached hydrogens (primary N) is 1. The summed E-state index contributed by atoms with van der Waals surface area (Å²) in [7, 11) is 4.34. The molecule has 1 aliphatic carbocycles. The van der Waals surface area contributed by atoms with Crippen LogP contribution in [0.4, 0.5) is 0 Å². The van der Waals surface area contributed by atoms with Gasteiger partial charge in [0, 0.05) is 30.5 Å². The van der Waals surface area contributed by atoms with Crippen molar-refractivity contribution in [1.82, 2.24) is 9.80 Å². The van der Waals surface area contributed by atoms with E-state index in [1.54, 1.807) is 0 Å². The van der Waals surface area contributed by atoms with Crippen LogP contribution in [0, 0.1) is 10.8 Å². The molecule has 0 unspecified atom stereocenters. The predicted octanol–water partition coefficient (Wildman–Crippen LogP) is 3.14. The van der Waals surface area contributed by atoms with Crippen LogP contribution < -0.4 is 5.73 Å². The van der Waals surface area contributed by atoms with Crippen molar-refractivity contribution >= 4 is 11.8 Å². The standard InChI is InChI=1S/C23H35N3O2/c1-21(2,20(24)28)14-15-26-17-22(16-19(26)27)10-12-23(13-11-22,25(3)4)18-8-6-5-7-9-18/h5-9H,10-17H2,1-4H3,(H2,24,28). The van der Waals surface area contributed by atoms with E-state index in [0.717, 1.165) is 32.2 Å². The van der Waals surface area contributed by atoms with Crippen LogP contribution in [0.15, 0.2) is 30.3 Å². The van der Waals surface area contributed by atoms with E-state index in [-0.39, 0.29) is 22.8 Å². The molecule has 2 aliphatic rings. The van der Waals surface area contributed by atoms with Gasteiger partial charge in [0.15, 0.2) is 0 Å². The molecule has 1 heterocycles. The molecular weight excluding hydrogens is 350 g/mol. The first-order valence-electron chi connectivity index (χ1n) is 10.4. The number of likely N-dealkylation sites (tertiary alicyclic amines) is 1. The quantitative estimate of drug-likeness (QED) is 0.818. The molecule has 2 fully saturated rings. The van der Waals surface area contributed by atoms with Gasteiger partial charge in [0.25, 0.3) is 0 Å². The Labute approximate surface area is 169 Å². The number of amides is 2. The van der Waals surface area contributed by atoms with Gasteiger partial charge in [-0.05, 0) is 57.2 Å². The van der Waals surface area contributed by atoms with Gasteiger partial charge in [-0.1, -0.05) is 44.2 Å². The fraction of sp³-hybridized carbons (Fsp3) is 0.652. The van der Waals surface area contributed by atoms with Gasteiger partial charge in [-0.15, -0.1) is 0 Å². The number of carbonyl (C=O) groups excluding carboxylic acids is 2. The van der Waals surface area contributed by atoms with Crippen LogP contribution in [0.2, 0.25) is 0 Å². The molecule has 5 heteroatoms. The van der Waals surface area contributed by atoms with E-state index in [4.69, 9.17) is 5.73 Å². The Morgan fingerprint density at radius 2 is 1.75 bits per heavy atom. The average Bonchev–Trinajstić information content (AvgIpc) is 2.96. The van der Waals surface area contributed by atoms with Crippen LogP contribution in [0.3, 0.4) is 0 Å². The largest absolute Gasteiger partial charge is 0.369 e. The van der Waals surface area contributed by atoms with Crippen molar-refractivity contribution in [2.75, 3.05) is 27.2 Å². The molecule has 0 aromatic heterocycles. The van der Waals surface area contributed by atoms with Crippen molar-refractivity contribution in [2.24, 2.45) is 16.6 Å². The molecule has 5 nitrogen and oxygen atoms in total. The smallest absolute Gasteiger partial charge is 0.223 e. The Morgan fingerprint density at radius 1 is 1.14 bits per heavy atom. The minimum absolute atomic E-state index is 0.0525. The molecule has 3 rings (SSSR count). The maximum Gasteiger partial charge on any atom is 0.223 e. The van der Waals surface area contributed by atoms with Crippen LogP contribution in [0.25, 0.3) is 0 Å². The Morgan fingerprint density at radius 3 is 2.29 bits per heavy atom. The second kappa shape index (κ2) is 7.51. The van der Waals surface area contributed by atoms with Gasteiger partial charge >= 0.3 is 0 Å². The summed E-state index contributed by atoms with van der Waals surface area (Å²) in [6.45, 7) is 5.15. The number of hydrogen-bond acceptors (Lipinski definition) is 3. The Hall–Kier alpha value is -1.88. The lowest BCUT2D eigenvalue weighted by Crippen LogP contribution is -2.47. The van der Waals surface area contributed by atoms with Gasteiger partial charge in [0.2, 0.25) is 11.8 Å². The molecule has 2 amide bonds. The summed E-state index contributed by atoms with van der Waals surface area (Å²) < 4.78 is 0. The third-order valence-corrected chi connectivity index (χ3v) is 7.38. The lowest BCUT2D eigenvalue weighted by molar-refractivity contribution is -0.130. The first-order valence-corrected chi connectivity index (χ1v) is 10.4. The topological polar surface area (TPSA) is 66.6 Å². The second-order valence-electron chi connectivity index (χ2n) is 9.78. The van der Waals surface area contributed by atoms with Gasteiger partial charge in [-0.25, -0.2) is 0 Å². The maximum atomic E-state index is 12.7. The average molecular weight is 386 g/mol. The fourth-order valence-corrected chi connectivity index (χ4v) is 4.99. The fourth-order valence-electron chi connectivity index (χ4n) is 4.99. The van der Waals surface area contributed by atoms with E-state index >= 15 is 0 Å². The lowest BCUT2D eigenvalue weighted by Gasteiger charge is -2.49. The SMILES string of the molecule is CN(C)C1(c2ccccc2)CCC2(CC1)CC(=O)N(CCC(C)(C)C(N)=O)C2. The predicted molar refractivity (Wildman–Crippen MR) is 111 cm³/mol. The lowest BCUT2D eigenvalue weighted by atomic mass is 9.64. The highest BCUT2D eigenvalue weighted by molar-refractivity contribution is 5.81. The molecule has 154 valence electrons. The highest BCUT2D eigenvalue weighted by atomic mass is 16.2. The van der Waals surface area contributed by atoms with Crippen molar-refractivity contribution in [1.29, 1.82) is 0 Å². The van der Waals surface area contributed by atoms with E-state index in [9.17, 15) is 9.59 Å². The van der Waals surface area contributed by atoms with Gasteiger partial charge < -0.3 is 10.6 Å². The summed E-state index contributed by atoms with van der Waals surface area (Å²) >= 11 is 0. The van der Waals surface area contributed by atoms with Crippen LogP contribution >= 0.6 is 0 Å². The summed E-state index contributed by atoms with van der Waals surface area (Å²) in [6, 6.07) is 10.8. The molecule has 1 aromatic carbocycles. The number of benzene rings is 1. The molecule has 0 atom stereocenters. The minimum Gasteiger partial charge on any atom is -0.369 e. The molecule has 0 radical (unpaired) electrons. The number of primary amides is 1. The van der Waals surface area contributed by atoms with E-state index in [0.29, 0.717) is 19.4 Å². The van der Waals surface area contributed by atoms with Crippen LogP contribution in [-0.2, 0) is 15.1 Å². The van der Waals surface area contributed by atoms with Crippen molar-refractivity contribution in [3.05, 3.63) is 35.9 Å². The molecular formula is C23H35N3O2. The molecule has 1 saturated carbocycles. The Kier molecular flexibility index (Phi) is 5.59. The third kappa shape index (κ3) is 3.82. The molecule has 0 bridgehead atoms. The molecule has 1 spiro atoms. The zero-order valence-electron chi connectivity index (χ0n) is 17.8. The minimum atomic E-state index is -0.573. The summed E-state index contributed by atoms with van der Waals surface area (Å²) in [5, 5.41) is 0. The summed E-state index contributed by atoms with van der Waals surface area (Å²) in [6.07, 6.45) is 5.51. The number of hydrogen-bond donors (Lipinski definition) is 1. The van der Waals surface area contributed by atoms with E-state index in [1.807, 2.05) is 18.7 Å². The Bertz CT molecular complexity index is 719. The molecule has 1 aliphatic heterocycles. The van der Waals surface area contributed by atoms with Gasteiger partial charge in [0.1, 0.15) is 0 Å². The van der Waals surface area contributed by atoms with E-state index in [2.05, 4.69) is 49.3 Å². The van der Waals surface area contributed by atoms with Crippen LogP contribution in [0.1, 0.15) is 57.9 Å². The normalized spacial score (nSPS) is 28.3. The van der Waals surface area contributed by atoms with Crippen molar-refractivity contribution in [2.45, 2.75) is 57.9 Å². The summed E-state index contributed by atoms with van der Waals surface area (Å²) in [4.78, 5) is 28.6. The Balaban J connectivity index is 1.68. The highest BCUT2D eigenvalue weighted by Gasteiger charge is 2.50. The zero-order valence-corrected chi connectivity index (χ0v) is 17.8. The van der Waals surface area contributed by atoms with Crippen LogP contribution in [-0.4, -0.2) is 48.8 Å².